The topological polar surface area (TPSA) is 179 Å². The number of nitrogens with two attached hydrogens (primary N) is 2. The molecule has 2 rings (SSSR count). The molecule has 0 radical (unpaired) electrons. The van der Waals surface area contributed by atoms with Crippen molar-refractivity contribution in [3.05, 3.63) is 0 Å². The summed E-state index contributed by atoms with van der Waals surface area (Å²) in [6, 6.07) is -4.05. The van der Waals surface area contributed by atoms with Crippen molar-refractivity contribution in [1.29, 1.82) is 0 Å². The second kappa shape index (κ2) is 9.51. The first kappa shape index (κ1) is 21.5. The number of primary amides is 1. The van der Waals surface area contributed by atoms with Crippen molar-refractivity contribution in [3.63, 3.8) is 0 Å². The molecule has 11 nitrogen and oxygen atoms in total. The minimum absolute atomic E-state index is 0.316. The van der Waals surface area contributed by atoms with Gasteiger partial charge in [0.1, 0.15) is 25.6 Å². The lowest BCUT2D eigenvalue weighted by molar-refractivity contribution is -0.148. The van der Waals surface area contributed by atoms with Gasteiger partial charge in [-0.15, -0.1) is 0 Å². The van der Waals surface area contributed by atoms with Crippen molar-refractivity contribution in [2.45, 2.75) is 75.9 Å². The van der Waals surface area contributed by atoms with Crippen LogP contribution in [0.4, 0.5) is 0 Å². The summed E-state index contributed by atoms with van der Waals surface area (Å²) >= 11 is 0. The molecular weight excluding hydrogens is 382 g/mol. The molecule has 0 aromatic rings. The maximum atomic E-state index is 13.2. The lowest BCUT2D eigenvalue weighted by atomic mass is 10.1. The Morgan fingerprint density at radius 1 is 1.03 bits per heavy atom. The summed E-state index contributed by atoms with van der Waals surface area (Å²) in [7, 11) is 0. The van der Waals surface area contributed by atoms with Crippen molar-refractivity contribution >= 4 is 23.6 Å². The van der Waals surface area contributed by atoms with E-state index in [9.17, 15) is 29.4 Å². The van der Waals surface area contributed by atoms with Crippen LogP contribution in [0.5, 0.6) is 0 Å². The van der Waals surface area contributed by atoms with Crippen LogP contribution >= 0.6 is 0 Å². The van der Waals surface area contributed by atoms with Crippen LogP contribution in [-0.4, -0.2) is 93.1 Å². The molecule has 0 aromatic carbocycles. The van der Waals surface area contributed by atoms with E-state index in [1.54, 1.807) is 0 Å². The molecule has 0 aromatic heterocycles. The van der Waals surface area contributed by atoms with Crippen molar-refractivity contribution in [3.8, 4) is 0 Å². The van der Waals surface area contributed by atoms with Crippen molar-refractivity contribution < 1.29 is 30.8 Å². The Kier molecular flexibility index (Phi) is 7.04. The predicted octanol–water partition coefficient (Wildman–Crippen LogP) is -2.97. The van der Waals surface area contributed by atoms with E-state index < -0.39 is 54.1 Å². The van der Waals surface area contributed by atoms with E-state index in [0.29, 0.717) is 38.8 Å². The third kappa shape index (κ3) is 5.03. The molecule has 6 atom stereocenters. The summed E-state index contributed by atoms with van der Waals surface area (Å²) in [6.07, 6.45) is -0.336. The highest BCUT2D eigenvalue weighted by atomic mass is 16.3. The highest BCUT2D eigenvalue weighted by Crippen LogP contribution is 2.25. The number of aliphatic hydroxyl groups excluding tert-OH is 2. The molecule has 164 valence electrons. The molecule has 0 aliphatic carbocycles. The SMILES string of the molecule is [2H]N[C@H](C(=O)N1CCC[C@H]1C(=O)N1CCC[C@@H]1C(=O)N[C@H](C(N)=O)[C@@H](C)O)[C@@H](C)O. The number of hydrogen-bond donors (Lipinski definition) is 5. The fourth-order valence-corrected chi connectivity index (χ4v) is 3.85. The van der Waals surface area contributed by atoms with Gasteiger partial charge in [-0.3, -0.25) is 19.2 Å². The number of rotatable bonds is 8. The number of nitrogens with zero attached hydrogens (tertiary/aromatic N) is 2. The number of carbonyl (C=O) groups excluding carboxylic acids is 4. The van der Waals surface area contributed by atoms with Crippen LogP contribution in [0.2, 0.25) is 1.41 Å². The maximum Gasteiger partial charge on any atom is 0.246 e. The molecule has 2 heterocycles. The number of likely N-dealkylation sites (tertiary alicyclic amines) is 2. The molecule has 4 amide bonds. The zero-order valence-electron chi connectivity index (χ0n) is 17.7. The van der Waals surface area contributed by atoms with Crippen molar-refractivity contribution in [2.24, 2.45) is 11.5 Å². The Hall–Kier alpha value is -2.24. The van der Waals surface area contributed by atoms with Crippen LogP contribution in [0, 0.1) is 0 Å². The minimum Gasteiger partial charge on any atom is -0.391 e. The highest BCUT2D eigenvalue weighted by Gasteiger charge is 2.43. The van der Waals surface area contributed by atoms with Gasteiger partial charge in [0.05, 0.1) is 12.2 Å². The van der Waals surface area contributed by atoms with E-state index in [1.807, 2.05) is 5.73 Å². The fourth-order valence-electron chi connectivity index (χ4n) is 3.85. The lowest BCUT2D eigenvalue weighted by Gasteiger charge is -2.33. The second-order valence-corrected chi connectivity index (χ2v) is 7.73. The van der Waals surface area contributed by atoms with Gasteiger partial charge in [0, 0.05) is 13.1 Å². The van der Waals surface area contributed by atoms with Crippen LogP contribution in [0.25, 0.3) is 0 Å². The number of hydrogen-bond acceptors (Lipinski definition) is 7. The van der Waals surface area contributed by atoms with E-state index >= 15 is 0 Å². The molecule has 0 saturated carbocycles. The van der Waals surface area contributed by atoms with Crippen molar-refractivity contribution in [1.82, 2.24) is 15.1 Å². The van der Waals surface area contributed by atoms with Gasteiger partial charge in [0.2, 0.25) is 23.6 Å². The quantitative estimate of drug-likeness (QED) is 0.281. The van der Waals surface area contributed by atoms with Crippen molar-refractivity contribution in [2.75, 3.05) is 13.1 Å². The Labute approximate surface area is 170 Å². The lowest BCUT2D eigenvalue weighted by Crippen LogP contribution is -2.58. The molecule has 0 spiro atoms. The van der Waals surface area contributed by atoms with Gasteiger partial charge < -0.3 is 36.8 Å². The van der Waals surface area contributed by atoms with Crippen LogP contribution in [0.15, 0.2) is 0 Å². The average molecular weight is 414 g/mol. The molecule has 29 heavy (non-hydrogen) atoms. The predicted molar refractivity (Wildman–Crippen MR) is 102 cm³/mol. The van der Waals surface area contributed by atoms with E-state index in [2.05, 4.69) is 5.32 Å². The summed E-state index contributed by atoms with van der Waals surface area (Å²) < 4.78 is 7.28. The Morgan fingerprint density at radius 2 is 1.62 bits per heavy atom. The molecule has 0 bridgehead atoms. The zero-order chi connectivity index (χ0) is 22.6. The number of carbonyl (C=O) groups is 4. The highest BCUT2D eigenvalue weighted by molar-refractivity contribution is 5.95. The van der Waals surface area contributed by atoms with Gasteiger partial charge in [-0.1, -0.05) is 0 Å². The van der Waals surface area contributed by atoms with Gasteiger partial charge in [0.25, 0.3) is 0 Å². The second-order valence-electron chi connectivity index (χ2n) is 7.73. The summed E-state index contributed by atoms with van der Waals surface area (Å²) in [5.41, 5.74) is 7.25. The smallest absolute Gasteiger partial charge is 0.246 e. The normalized spacial score (nSPS) is 26.4. The molecular formula is C18H31N5O6. The minimum atomic E-state index is -1.27. The van der Waals surface area contributed by atoms with Crippen LogP contribution < -0.4 is 16.8 Å². The first-order chi connectivity index (χ1) is 14.1. The van der Waals surface area contributed by atoms with Crippen LogP contribution in [0.1, 0.15) is 39.5 Å². The Morgan fingerprint density at radius 3 is 2.14 bits per heavy atom. The summed E-state index contributed by atoms with van der Waals surface area (Å²) in [5, 5.41) is 21.8. The summed E-state index contributed by atoms with van der Waals surface area (Å²) in [5.74, 6) is -2.40. The Balaban J connectivity index is 2.13. The van der Waals surface area contributed by atoms with Gasteiger partial charge in [0.15, 0.2) is 0 Å². The Bertz CT molecular complexity index is 675. The van der Waals surface area contributed by atoms with Crippen LogP contribution in [0.3, 0.4) is 0 Å². The van der Waals surface area contributed by atoms with Gasteiger partial charge in [-0.25, -0.2) is 0 Å². The monoisotopic (exact) mass is 414 g/mol. The first-order valence-electron chi connectivity index (χ1n) is 10.3. The number of aliphatic hydroxyl groups is 2. The summed E-state index contributed by atoms with van der Waals surface area (Å²) in [6.45, 7) is 3.35. The number of amides is 4. The average Bonchev–Trinajstić information content (AvgIpc) is 3.34. The third-order valence-corrected chi connectivity index (χ3v) is 5.49. The van der Waals surface area contributed by atoms with E-state index in [4.69, 9.17) is 7.15 Å². The largest absolute Gasteiger partial charge is 0.391 e. The van der Waals surface area contributed by atoms with Gasteiger partial charge in [-0.05, 0) is 39.5 Å². The molecule has 2 aliphatic heterocycles. The van der Waals surface area contributed by atoms with E-state index in [0.717, 1.165) is 0 Å². The fraction of sp³-hybridized carbons (Fsp3) is 0.778. The van der Waals surface area contributed by atoms with E-state index in [1.165, 1.54) is 23.6 Å². The first-order valence-corrected chi connectivity index (χ1v) is 9.84. The van der Waals surface area contributed by atoms with E-state index in [-0.39, 0.29) is 5.91 Å². The van der Waals surface area contributed by atoms with Gasteiger partial charge in [-0.2, -0.15) is 0 Å². The summed E-state index contributed by atoms with van der Waals surface area (Å²) in [4.78, 5) is 52.8. The maximum absolute atomic E-state index is 13.2. The third-order valence-electron chi connectivity index (χ3n) is 5.49. The van der Waals surface area contributed by atoms with Crippen LogP contribution in [-0.2, 0) is 19.2 Å². The standard InChI is InChI=1S/C18H31N5O6/c1-9(24)13(19)18(29)23-8-4-6-12(23)17(28)22-7-3-5-11(22)16(27)21-14(10(2)25)15(20)26/h9-14,24-25H,3-8,19H2,1-2H3,(H2,20,26)(H,21,27)/t9-,10-,11-,12+,13+,14+/m1/s1/i/hD. The molecule has 0 unspecified atom stereocenters. The molecule has 2 fully saturated rings. The molecule has 11 heteroatoms. The molecule has 2 aliphatic rings. The molecule has 7 N–H and O–H groups in total. The number of nitrogens with one attached hydrogen (secondary N) is 1. The molecule has 2 saturated heterocycles. The van der Waals surface area contributed by atoms with Gasteiger partial charge >= 0.3 is 0 Å². The zero-order valence-corrected chi connectivity index (χ0v) is 16.7.